The van der Waals surface area contributed by atoms with Crippen LogP contribution in [0.1, 0.15) is 51.9 Å². The molecule has 0 bridgehead atoms. The number of nitrogens with zero attached hydrogens (tertiary/aromatic N) is 2. The first-order valence-corrected chi connectivity index (χ1v) is 8.69. The van der Waals surface area contributed by atoms with E-state index in [2.05, 4.69) is 11.8 Å². The zero-order valence-corrected chi connectivity index (χ0v) is 13.8. The third kappa shape index (κ3) is 4.96. The van der Waals surface area contributed by atoms with E-state index >= 15 is 0 Å². The molecule has 2 aliphatic rings. The minimum atomic E-state index is 0.270. The third-order valence-corrected chi connectivity index (χ3v) is 5.43. The Morgan fingerprint density at radius 1 is 1.24 bits per heavy atom. The van der Waals surface area contributed by atoms with Gasteiger partial charge >= 0.3 is 0 Å². The summed E-state index contributed by atoms with van der Waals surface area (Å²) in [5, 5.41) is 9.07. The Morgan fingerprint density at radius 3 is 2.62 bits per heavy atom. The highest BCUT2D eigenvalue weighted by Gasteiger charge is 2.27. The lowest BCUT2D eigenvalue weighted by atomic mass is 9.87. The number of hydrogen-bond donors (Lipinski definition) is 1. The third-order valence-electron chi connectivity index (χ3n) is 5.43. The number of aliphatic hydroxyl groups is 1. The van der Waals surface area contributed by atoms with Gasteiger partial charge in [0.05, 0.1) is 6.54 Å². The molecule has 4 nitrogen and oxygen atoms in total. The van der Waals surface area contributed by atoms with Gasteiger partial charge in [-0.3, -0.25) is 9.69 Å². The first-order valence-electron chi connectivity index (χ1n) is 8.69. The molecule has 4 heteroatoms. The number of carbonyl (C=O) groups excluding carboxylic acids is 1. The molecule has 1 unspecified atom stereocenters. The molecule has 2 fully saturated rings. The molecule has 1 aliphatic heterocycles. The predicted octanol–water partition coefficient (Wildman–Crippen LogP) is 2.12. The second-order valence-corrected chi connectivity index (χ2v) is 7.17. The van der Waals surface area contributed by atoms with Crippen molar-refractivity contribution in [2.75, 3.05) is 33.3 Å². The van der Waals surface area contributed by atoms with Crippen LogP contribution in [-0.4, -0.2) is 60.1 Å². The fourth-order valence-corrected chi connectivity index (χ4v) is 3.85. The van der Waals surface area contributed by atoms with Crippen molar-refractivity contribution in [3.8, 4) is 0 Å². The van der Waals surface area contributed by atoms with Crippen LogP contribution in [-0.2, 0) is 4.79 Å². The van der Waals surface area contributed by atoms with Crippen molar-refractivity contribution < 1.29 is 9.90 Å². The number of amides is 1. The molecule has 0 radical (unpaired) electrons. The van der Waals surface area contributed by atoms with Gasteiger partial charge in [0.2, 0.25) is 5.91 Å². The molecular formula is C17H32N2O2. The fraction of sp³-hybridized carbons (Fsp3) is 0.941. The van der Waals surface area contributed by atoms with E-state index in [4.69, 9.17) is 5.11 Å². The molecule has 1 aliphatic carbocycles. The molecule has 1 saturated carbocycles. The van der Waals surface area contributed by atoms with Crippen LogP contribution in [0.3, 0.4) is 0 Å². The lowest BCUT2D eigenvalue weighted by molar-refractivity contribution is -0.134. The molecule has 0 spiro atoms. The second-order valence-electron chi connectivity index (χ2n) is 7.17. The molecular weight excluding hydrogens is 264 g/mol. The quantitative estimate of drug-likeness (QED) is 0.845. The van der Waals surface area contributed by atoms with E-state index in [-0.39, 0.29) is 12.5 Å². The summed E-state index contributed by atoms with van der Waals surface area (Å²) < 4.78 is 0. The first-order chi connectivity index (χ1) is 10.1. The molecule has 122 valence electrons. The summed E-state index contributed by atoms with van der Waals surface area (Å²) in [5.74, 6) is 1.67. The zero-order chi connectivity index (χ0) is 15.2. The number of piperidine rings is 1. The van der Waals surface area contributed by atoms with Crippen molar-refractivity contribution in [1.82, 2.24) is 9.80 Å². The fourth-order valence-electron chi connectivity index (χ4n) is 3.85. The van der Waals surface area contributed by atoms with Crippen LogP contribution < -0.4 is 0 Å². The Hall–Kier alpha value is -0.610. The molecule has 0 aromatic carbocycles. The zero-order valence-electron chi connectivity index (χ0n) is 13.8. The van der Waals surface area contributed by atoms with Gasteiger partial charge in [0.25, 0.3) is 0 Å². The van der Waals surface area contributed by atoms with Crippen molar-refractivity contribution in [3.05, 3.63) is 0 Å². The number of hydrogen-bond acceptors (Lipinski definition) is 3. The van der Waals surface area contributed by atoms with E-state index in [1.807, 2.05) is 11.9 Å². The molecule has 0 aromatic heterocycles. The van der Waals surface area contributed by atoms with Gasteiger partial charge < -0.3 is 10.0 Å². The number of aliphatic hydroxyl groups excluding tert-OH is 1. The Labute approximate surface area is 129 Å². The lowest BCUT2D eigenvalue weighted by Crippen LogP contribution is -2.47. The lowest BCUT2D eigenvalue weighted by Gasteiger charge is -2.36. The first kappa shape index (κ1) is 16.8. The monoisotopic (exact) mass is 296 g/mol. The van der Waals surface area contributed by atoms with E-state index < -0.39 is 0 Å². The van der Waals surface area contributed by atoms with Gasteiger partial charge in [-0.25, -0.2) is 0 Å². The average Bonchev–Trinajstić information content (AvgIpc) is 2.48. The van der Waals surface area contributed by atoms with E-state index in [9.17, 15) is 4.79 Å². The Kier molecular flexibility index (Phi) is 6.49. The summed E-state index contributed by atoms with van der Waals surface area (Å²) in [6.45, 7) is 5.15. The van der Waals surface area contributed by atoms with Crippen molar-refractivity contribution >= 4 is 5.91 Å². The average molecular weight is 296 g/mol. The minimum absolute atomic E-state index is 0.270. The largest absolute Gasteiger partial charge is 0.396 e. The maximum Gasteiger partial charge on any atom is 0.236 e. The van der Waals surface area contributed by atoms with E-state index in [0.29, 0.717) is 18.5 Å². The minimum Gasteiger partial charge on any atom is -0.396 e. The summed E-state index contributed by atoms with van der Waals surface area (Å²) in [7, 11) is 1.98. The molecule has 1 atom stereocenters. The highest BCUT2D eigenvalue weighted by molar-refractivity contribution is 5.78. The predicted molar refractivity (Wildman–Crippen MR) is 85.1 cm³/mol. The van der Waals surface area contributed by atoms with Crippen LogP contribution >= 0.6 is 0 Å². The molecule has 1 N–H and O–H groups in total. The van der Waals surface area contributed by atoms with Gasteiger partial charge in [-0.1, -0.05) is 6.92 Å². The second kappa shape index (κ2) is 8.14. The number of likely N-dealkylation sites (tertiary alicyclic amines) is 1. The van der Waals surface area contributed by atoms with Crippen molar-refractivity contribution in [2.45, 2.75) is 57.9 Å². The van der Waals surface area contributed by atoms with Crippen LogP contribution in [0.25, 0.3) is 0 Å². The van der Waals surface area contributed by atoms with Gasteiger partial charge in [-0.15, -0.1) is 0 Å². The molecule has 2 rings (SSSR count). The summed E-state index contributed by atoms with van der Waals surface area (Å²) in [5.41, 5.74) is 0. The van der Waals surface area contributed by atoms with Crippen LogP contribution in [0.5, 0.6) is 0 Å². The van der Waals surface area contributed by atoms with Gasteiger partial charge in [-0.05, 0) is 63.3 Å². The standard InChI is InChI=1S/C17H32N2O2/c1-14-5-7-16(8-6-14)18(2)17(21)13-19-10-3-4-15(12-19)9-11-20/h14-16,20H,3-13H2,1-2H3. The van der Waals surface area contributed by atoms with E-state index in [1.54, 1.807) is 0 Å². The molecule has 0 aromatic rings. The summed E-state index contributed by atoms with van der Waals surface area (Å²) >= 11 is 0. The summed E-state index contributed by atoms with van der Waals surface area (Å²) in [6, 6.07) is 0.451. The molecule has 21 heavy (non-hydrogen) atoms. The normalized spacial score (nSPS) is 31.1. The van der Waals surface area contributed by atoms with Crippen molar-refractivity contribution in [2.24, 2.45) is 11.8 Å². The van der Waals surface area contributed by atoms with Crippen LogP contribution in [0, 0.1) is 11.8 Å². The summed E-state index contributed by atoms with van der Waals surface area (Å²) in [4.78, 5) is 16.8. The summed E-state index contributed by atoms with van der Waals surface area (Å²) in [6.07, 6.45) is 8.06. The Bertz CT molecular complexity index is 325. The maximum absolute atomic E-state index is 12.5. The topological polar surface area (TPSA) is 43.8 Å². The smallest absolute Gasteiger partial charge is 0.236 e. The SMILES string of the molecule is CC1CCC(N(C)C(=O)CN2CCCC(CCO)C2)CC1. The highest BCUT2D eigenvalue weighted by Crippen LogP contribution is 2.27. The van der Waals surface area contributed by atoms with Gasteiger partial charge in [0, 0.05) is 26.2 Å². The highest BCUT2D eigenvalue weighted by atomic mass is 16.3. The number of carbonyl (C=O) groups is 1. The van der Waals surface area contributed by atoms with E-state index in [1.165, 1.54) is 19.3 Å². The maximum atomic E-state index is 12.5. The molecule has 1 amide bonds. The Balaban J connectivity index is 1.77. The van der Waals surface area contributed by atoms with Crippen molar-refractivity contribution in [1.29, 1.82) is 0 Å². The van der Waals surface area contributed by atoms with Gasteiger partial charge in [0.15, 0.2) is 0 Å². The number of likely N-dealkylation sites (N-methyl/N-ethyl adjacent to an activating group) is 1. The van der Waals surface area contributed by atoms with Crippen molar-refractivity contribution in [3.63, 3.8) is 0 Å². The number of rotatable bonds is 5. The van der Waals surface area contributed by atoms with Gasteiger partial charge in [0.1, 0.15) is 0 Å². The molecule has 1 heterocycles. The van der Waals surface area contributed by atoms with E-state index in [0.717, 1.165) is 44.7 Å². The Morgan fingerprint density at radius 2 is 1.95 bits per heavy atom. The molecule has 1 saturated heterocycles. The van der Waals surface area contributed by atoms with Gasteiger partial charge in [-0.2, -0.15) is 0 Å². The van der Waals surface area contributed by atoms with Crippen LogP contribution in [0.4, 0.5) is 0 Å². The van der Waals surface area contributed by atoms with Crippen LogP contribution in [0.2, 0.25) is 0 Å². The van der Waals surface area contributed by atoms with Crippen LogP contribution in [0.15, 0.2) is 0 Å².